The number of hydrogen-bond acceptors (Lipinski definition) is 6. The van der Waals surface area contributed by atoms with Crippen LogP contribution in [0.3, 0.4) is 0 Å². The Labute approximate surface area is 157 Å². The van der Waals surface area contributed by atoms with E-state index in [9.17, 15) is 27.6 Å². The van der Waals surface area contributed by atoms with Crippen LogP contribution >= 0.6 is 11.6 Å². The minimum Gasteiger partial charge on any atom is -0.353 e. The van der Waals surface area contributed by atoms with Gasteiger partial charge < -0.3 is 4.90 Å². The first-order valence-corrected chi connectivity index (χ1v) is 8.31. The summed E-state index contributed by atoms with van der Waals surface area (Å²) in [4.78, 5) is 44.2. The molecule has 2 saturated heterocycles. The normalized spacial score (nSPS) is 19.4. The van der Waals surface area contributed by atoms with Crippen LogP contribution in [0.4, 0.5) is 23.8 Å². The number of anilines is 1. The summed E-state index contributed by atoms with van der Waals surface area (Å²) >= 11 is 5.95. The number of piperazine rings is 1. The van der Waals surface area contributed by atoms with Crippen LogP contribution in [-0.4, -0.2) is 77.4 Å². The predicted octanol–water partition coefficient (Wildman–Crippen LogP) is 1.25. The lowest BCUT2D eigenvalue weighted by Gasteiger charge is -2.36. The average Bonchev–Trinajstić information content (AvgIpc) is 2.79. The van der Waals surface area contributed by atoms with Crippen molar-refractivity contribution >= 4 is 35.3 Å². The fourth-order valence-corrected chi connectivity index (χ4v) is 3.14. The molecule has 0 spiro atoms. The number of imide groups is 2. The van der Waals surface area contributed by atoms with Gasteiger partial charge in [0.05, 0.1) is 17.3 Å². The Balaban J connectivity index is 1.62. The molecule has 2 fully saturated rings. The molecule has 27 heavy (non-hydrogen) atoms. The number of amides is 4. The Hall–Kier alpha value is -2.40. The molecular weight excluding hydrogens is 391 g/mol. The molecule has 0 radical (unpaired) electrons. The summed E-state index contributed by atoms with van der Waals surface area (Å²) in [6.07, 6.45) is -3.79. The van der Waals surface area contributed by atoms with Gasteiger partial charge in [0.25, 0.3) is 0 Å². The van der Waals surface area contributed by atoms with Crippen molar-refractivity contribution in [1.82, 2.24) is 19.7 Å². The summed E-state index contributed by atoms with van der Waals surface area (Å²) in [6.45, 7) is 1.56. The Morgan fingerprint density at radius 1 is 1.11 bits per heavy atom. The number of carbonyl (C=O) groups excluding carboxylic acids is 3. The third kappa shape index (κ3) is 3.69. The van der Waals surface area contributed by atoms with E-state index >= 15 is 0 Å². The first-order valence-electron chi connectivity index (χ1n) is 7.93. The summed E-state index contributed by atoms with van der Waals surface area (Å²) in [7, 11) is 1.23. The van der Waals surface area contributed by atoms with Crippen molar-refractivity contribution in [2.75, 3.05) is 44.8 Å². The van der Waals surface area contributed by atoms with Gasteiger partial charge in [0, 0.05) is 39.4 Å². The maximum atomic E-state index is 12.7. The second-order valence-corrected chi connectivity index (χ2v) is 6.56. The van der Waals surface area contributed by atoms with Crippen molar-refractivity contribution in [2.24, 2.45) is 0 Å². The standard InChI is InChI=1S/C15H15ClF3N5O3/c1-21-12(25)13(26)24(14(21)27)8-22-2-4-23(5-3-22)11-10(16)6-9(7-20-11)15(17,18)19/h6-7H,2-5,8H2,1H3. The quantitative estimate of drug-likeness (QED) is 0.556. The van der Waals surface area contributed by atoms with E-state index in [1.807, 2.05) is 0 Å². The van der Waals surface area contributed by atoms with Gasteiger partial charge in [-0.05, 0) is 6.07 Å². The SMILES string of the molecule is CN1C(=O)C(=O)N(CN2CCN(c3ncc(C(F)(F)F)cc3Cl)CC2)C1=O. The van der Waals surface area contributed by atoms with Crippen LogP contribution in [0.1, 0.15) is 5.56 Å². The second kappa shape index (κ2) is 6.97. The Morgan fingerprint density at radius 3 is 2.22 bits per heavy atom. The highest BCUT2D eigenvalue weighted by Crippen LogP contribution is 2.33. The largest absolute Gasteiger partial charge is 0.417 e. The van der Waals surface area contributed by atoms with Gasteiger partial charge in [0.2, 0.25) is 0 Å². The molecule has 4 amide bonds. The lowest BCUT2D eigenvalue weighted by atomic mass is 10.2. The van der Waals surface area contributed by atoms with Crippen molar-refractivity contribution in [1.29, 1.82) is 0 Å². The number of likely N-dealkylation sites (N-methyl/N-ethyl adjacent to an activating group) is 1. The number of urea groups is 1. The van der Waals surface area contributed by atoms with E-state index in [1.165, 1.54) is 7.05 Å². The minimum atomic E-state index is -4.52. The fraction of sp³-hybridized carbons (Fsp3) is 0.467. The Morgan fingerprint density at radius 2 is 1.74 bits per heavy atom. The van der Waals surface area contributed by atoms with Crippen molar-refractivity contribution in [3.05, 3.63) is 22.8 Å². The third-order valence-electron chi connectivity index (χ3n) is 4.41. The molecule has 0 N–H and O–H groups in total. The zero-order valence-corrected chi connectivity index (χ0v) is 14.9. The molecule has 146 valence electrons. The van der Waals surface area contributed by atoms with E-state index in [1.54, 1.807) is 9.80 Å². The highest BCUT2D eigenvalue weighted by molar-refractivity contribution is 6.44. The molecule has 12 heteroatoms. The number of alkyl halides is 3. The van der Waals surface area contributed by atoms with Crippen LogP contribution in [0.15, 0.2) is 12.3 Å². The van der Waals surface area contributed by atoms with Crippen LogP contribution in [-0.2, 0) is 15.8 Å². The van der Waals surface area contributed by atoms with Crippen LogP contribution in [0.5, 0.6) is 0 Å². The van der Waals surface area contributed by atoms with Crippen LogP contribution in [0.2, 0.25) is 5.02 Å². The van der Waals surface area contributed by atoms with Gasteiger partial charge in [-0.25, -0.2) is 14.7 Å². The Bertz CT molecular complexity index is 795. The smallest absolute Gasteiger partial charge is 0.353 e. The summed E-state index contributed by atoms with van der Waals surface area (Å²) in [5.41, 5.74) is -0.922. The number of nitrogens with zero attached hydrogens (tertiary/aromatic N) is 5. The molecule has 0 aromatic carbocycles. The maximum Gasteiger partial charge on any atom is 0.417 e. The maximum absolute atomic E-state index is 12.7. The van der Waals surface area contributed by atoms with Crippen molar-refractivity contribution in [3.8, 4) is 0 Å². The number of rotatable bonds is 3. The molecule has 1 aromatic heterocycles. The van der Waals surface area contributed by atoms with Crippen molar-refractivity contribution in [3.63, 3.8) is 0 Å². The molecule has 0 unspecified atom stereocenters. The molecule has 2 aliphatic rings. The highest BCUT2D eigenvalue weighted by atomic mass is 35.5. The van der Waals surface area contributed by atoms with Crippen LogP contribution in [0.25, 0.3) is 0 Å². The molecule has 3 rings (SSSR count). The molecule has 0 atom stereocenters. The molecule has 0 bridgehead atoms. The summed E-state index contributed by atoms with van der Waals surface area (Å²) < 4.78 is 38.1. The van der Waals surface area contributed by atoms with Gasteiger partial charge in [-0.3, -0.25) is 19.4 Å². The van der Waals surface area contributed by atoms with Gasteiger partial charge >= 0.3 is 24.0 Å². The van der Waals surface area contributed by atoms with Crippen molar-refractivity contribution < 1.29 is 27.6 Å². The van der Waals surface area contributed by atoms with E-state index in [2.05, 4.69) is 4.98 Å². The molecule has 2 aliphatic heterocycles. The molecule has 3 heterocycles. The van der Waals surface area contributed by atoms with Crippen LogP contribution in [0, 0.1) is 0 Å². The van der Waals surface area contributed by atoms with Gasteiger partial charge in [-0.15, -0.1) is 0 Å². The van der Waals surface area contributed by atoms with Crippen molar-refractivity contribution in [2.45, 2.75) is 6.18 Å². The first-order chi connectivity index (χ1) is 12.6. The fourth-order valence-electron chi connectivity index (χ4n) is 2.86. The first kappa shape index (κ1) is 19.4. The zero-order chi connectivity index (χ0) is 19.9. The topological polar surface area (TPSA) is 77.1 Å². The number of hydrogen-bond donors (Lipinski definition) is 0. The minimum absolute atomic E-state index is 0.0320. The molecule has 8 nitrogen and oxygen atoms in total. The number of halogens is 4. The average molecular weight is 406 g/mol. The number of carbonyl (C=O) groups is 3. The van der Waals surface area contributed by atoms with E-state index in [0.29, 0.717) is 26.2 Å². The van der Waals surface area contributed by atoms with E-state index < -0.39 is 29.6 Å². The molecule has 0 saturated carbocycles. The number of pyridine rings is 1. The summed E-state index contributed by atoms with van der Waals surface area (Å²) in [5.74, 6) is -1.51. The molecular formula is C15H15ClF3N5O3. The van der Waals surface area contributed by atoms with Gasteiger partial charge in [0.15, 0.2) is 0 Å². The van der Waals surface area contributed by atoms with Gasteiger partial charge in [-0.2, -0.15) is 13.2 Å². The predicted molar refractivity (Wildman–Crippen MR) is 87.9 cm³/mol. The van der Waals surface area contributed by atoms with E-state index in [-0.39, 0.29) is 17.5 Å². The van der Waals surface area contributed by atoms with Gasteiger partial charge in [0.1, 0.15) is 5.82 Å². The molecule has 1 aromatic rings. The third-order valence-corrected chi connectivity index (χ3v) is 4.69. The van der Waals surface area contributed by atoms with Gasteiger partial charge in [-0.1, -0.05) is 11.6 Å². The molecule has 0 aliphatic carbocycles. The Kier molecular flexibility index (Phi) is 5.00. The number of aromatic nitrogens is 1. The lowest BCUT2D eigenvalue weighted by molar-refractivity contribution is -0.143. The highest BCUT2D eigenvalue weighted by Gasteiger charge is 2.43. The monoisotopic (exact) mass is 405 g/mol. The zero-order valence-electron chi connectivity index (χ0n) is 14.2. The lowest BCUT2D eigenvalue weighted by Crippen LogP contribution is -2.51. The summed E-state index contributed by atoms with van der Waals surface area (Å²) in [6, 6.07) is 0.152. The van der Waals surface area contributed by atoms with E-state index in [4.69, 9.17) is 11.6 Å². The van der Waals surface area contributed by atoms with E-state index in [0.717, 1.165) is 22.1 Å². The van der Waals surface area contributed by atoms with Crippen LogP contribution < -0.4 is 4.90 Å². The second-order valence-electron chi connectivity index (χ2n) is 6.15. The summed E-state index contributed by atoms with van der Waals surface area (Å²) in [5, 5.41) is -0.101.